The molecule has 5 aromatic rings. The summed E-state index contributed by atoms with van der Waals surface area (Å²) in [7, 11) is -10.1. The Hall–Kier alpha value is -6.28. The van der Waals surface area contributed by atoms with E-state index in [1.54, 1.807) is 12.3 Å². The Labute approximate surface area is 296 Å². The third kappa shape index (κ3) is 6.17. The molecule has 2 saturated heterocycles. The minimum atomic E-state index is -5.05. The average molecular weight is 747 g/mol. The average Bonchev–Trinajstić information content (AvgIpc) is 3.46. The summed E-state index contributed by atoms with van der Waals surface area (Å²) in [6.07, 6.45) is 3.32. The van der Waals surface area contributed by atoms with Gasteiger partial charge in [-0.1, -0.05) is 30.3 Å². The molecule has 2 aromatic heterocycles. The zero-order chi connectivity index (χ0) is 36.9. The number of nitrogens with two attached hydrogens (primary N) is 2. The second kappa shape index (κ2) is 12.8. The molecule has 0 unspecified atom stereocenters. The molecule has 6 N–H and O–H groups in total. The van der Waals surface area contributed by atoms with Crippen molar-refractivity contribution in [2.45, 2.75) is 25.7 Å². The molecule has 52 heavy (non-hydrogen) atoms. The first-order chi connectivity index (χ1) is 24.7. The fourth-order valence-corrected chi connectivity index (χ4v) is 9.44. The van der Waals surface area contributed by atoms with Gasteiger partial charge in [-0.3, -0.25) is 14.6 Å². The maximum atomic E-state index is 13.7. The van der Waals surface area contributed by atoms with Gasteiger partial charge in [-0.15, -0.1) is 8.83 Å². The lowest BCUT2D eigenvalue weighted by Crippen LogP contribution is -2.51. The van der Waals surface area contributed by atoms with E-state index >= 15 is 0 Å². The summed E-state index contributed by atoms with van der Waals surface area (Å²) in [5.74, 6) is -3.37. The number of rotatable bonds is 9. The lowest BCUT2D eigenvalue weighted by molar-refractivity contribution is -0.140. The normalized spacial score (nSPS) is 16.7. The Kier molecular flexibility index (Phi) is 8.41. The number of aryl methyl sites for hydroxylation is 4. The Balaban J connectivity index is 1.07. The van der Waals surface area contributed by atoms with E-state index in [0.717, 1.165) is 16.5 Å². The van der Waals surface area contributed by atoms with E-state index in [4.69, 9.17) is 11.5 Å². The SMILES string of the molecule is Nc1nc(N)nc(CCc2ccc(N3CC(=O)N(N4C(=O)CN(c5ccc(CCc6cnc7ccccc7c6)cc5O)S4(=O)=O)S3(=O)=O)c(O)c2)n1. The summed E-state index contributed by atoms with van der Waals surface area (Å²) in [5, 5.41) is 22.7. The van der Waals surface area contributed by atoms with Gasteiger partial charge < -0.3 is 21.7 Å². The van der Waals surface area contributed by atoms with Crippen LogP contribution in [0.1, 0.15) is 22.5 Å². The third-order valence-electron chi connectivity index (χ3n) is 8.46. The molecule has 20 heteroatoms. The number of benzene rings is 3. The molecule has 0 saturated carbocycles. The fourth-order valence-electron chi connectivity index (χ4n) is 6.02. The highest BCUT2D eigenvalue weighted by atomic mass is 32.2. The number of para-hydroxylation sites is 1. The van der Waals surface area contributed by atoms with Crippen molar-refractivity contribution < 1.29 is 36.6 Å². The van der Waals surface area contributed by atoms with Crippen molar-refractivity contribution in [3.63, 3.8) is 0 Å². The first kappa shape index (κ1) is 34.2. The number of phenols is 2. The number of hydrazine groups is 1. The number of anilines is 4. The van der Waals surface area contributed by atoms with E-state index in [0.29, 0.717) is 38.4 Å². The molecule has 0 spiro atoms. The predicted octanol–water partition coefficient (Wildman–Crippen LogP) is 0.968. The lowest BCUT2D eigenvalue weighted by atomic mass is 10.0. The summed E-state index contributed by atoms with van der Waals surface area (Å²) in [5.41, 5.74) is 13.6. The highest BCUT2D eigenvalue weighted by Crippen LogP contribution is 2.39. The molecule has 0 atom stereocenters. The number of hydrogen-bond donors (Lipinski definition) is 4. The van der Waals surface area contributed by atoms with E-state index in [-0.39, 0.29) is 44.9 Å². The number of phenolic OH excluding ortho intramolecular Hbond substituents is 2. The molecule has 2 aliphatic heterocycles. The molecule has 4 heterocycles. The molecule has 2 aliphatic rings. The number of hydrogen-bond acceptors (Lipinski definition) is 14. The minimum absolute atomic E-state index is 0.0628. The van der Waals surface area contributed by atoms with Gasteiger partial charge in [-0.05, 0) is 72.4 Å². The van der Waals surface area contributed by atoms with E-state index in [9.17, 15) is 36.6 Å². The van der Waals surface area contributed by atoms with Crippen LogP contribution in [0.25, 0.3) is 10.9 Å². The number of nitrogen functional groups attached to an aromatic ring is 2. The van der Waals surface area contributed by atoms with E-state index in [2.05, 4.69) is 19.9 Å². The first-order valence-corrected chi connectivity index (χ1v) is 18.5. The van der Waals surface area contributed by atoms with Gasteiger partial charge in [-0.25, -0.2) is 8.61 Å². The van der Waals surface area contributed by atoms with Crippen LogP contribution in [0.2, 0.25) is 0 Å². The fraction of sp³-hybridized carbons (Fsp3) is 0.188. The summed E-state index contributed by atoms with van der Waals surface area (Å²) in [6.45, 7) is -1.81. The molecule has 0 bridgehead atoms. The summed E-state index contributed by atoms with van der Waals surface area (Å²) in [4.78, 5) is 42.4. The Morgan fingerprint density at radius 3 is 1.67 bits per heavy atom. The van der Waals surface area contributed by atoms with Crippen LogP contribution < -0.4 is 20.1 Å². The smallest absolute Gasteiger partial charge is 0.348 e. The van der Waals surface area contributed by atoms with Crippen LogP contribution in [0, 0.1) is 0 Å². The minimum Gasteiger partial charge on any atom is -0.506 e. The van der Waals surface area contributed by atoms with Crippen molar-refractivity contribution in [1.29, 1.82) is 0 Å². The van der Waals surface area contributed by atoms with Gasteiger partial charge in [0.15, 0.2) is 0 Å². The topological polar surface area (TPSA) is 259 Å². The van der Waals surface area contributed by atoms with Crippen molar-refractivity contribution in [3.05, 3.63) is 95.4 Å². The number of fused-ring (bicyclic) bond motifs is 1. The van der Waals surface area contributed by atoms with Gasteiger partial charge in [0.1, 0.15) is 30.4 Å². The van der Waals surface area contributed by atoms with Gasteiger partial charge in [0, 0.05) is 18.0 Å². The highest BCUT2D eigenvalue weighted by molar-refractivity contribution is 7.94. The number of amides is 2. The number of nitrogens with zero attached hydrogens (tertiary/aromatic N) is 8. The van der Waals surface area contributed by atoms with Gasteiger partial charge >= 0.3 is 20.4 Å². The van der Waals surface area contributed by atoms with E-state index < -0.39 is 56.8 Å². The quantitative estimate of drug-likeness (QED) is 0.164. The number of aromatic nitrogens is 4. The molecule has 268 valence electrons. The van der Waals surface area contributed by atoms with Gasteiger partial charge in [0.2, 0.25) is 11.9 Å². The number of pyridine rings is 1. The van der Waals surface area contributed by atoms with Crippen LogP contribution in [0.15, 0.2) is 72.9 Å². The lowest BCUT2D eigenvalue weighted by Gasteiger charge is -2.26. The standard InChI is InChI=1S/C32H30N10O8S2/c33-31-36-28(37-32(34)38-31)12-9-20-8-11-25(27(44)15-20)40-18-30(46)42(52(40,49)50)41-29(45)17-39(51(41,47)48)24-10-7-19(14-26(24)43)5-6-21-13-22-3-1-2-4-23(22)35-16-21/h1-4,7-8,10-11,13-16,43-44H,5-6,9,12,17-18H2,(H4,33,34,36,37,38). The molecule has 18 nitrogen and oxygen atoms in total. The second-order valence-electron chi connectivity index (χ2n) is 12.0. The molecule has 3 aromatic carbocycles. The Bertz CT molecular complexity index is 2480. The van der Waals surface area contributed by atoms with E-state index in [1.807, 2.05) is 30.3 Å². The van der Waals surface area contributed by atoms with Crippen LogP contribution in [0.4, 0.5) is 23.3 Å². The van der Waals surface area contributed by atoms with Crippen LogP contribution in [0.5, 0.6) is 11.5 Å². The van der Waals surface area contributed by atoms with Gasteiger partial charge in [0.05, 0.1) is 16.9 Å². The number of carbonyl (C=O) groups excluding carboxylic acids is 2. The van der Waals surface area contributed by atoms with Crippen LogP contribution in [0.3, 0.4) is 0 Å². The van der Waals surface area contributed by atoms with Crippen molar-refractivity contribution in [3.8, 4) is 11.5 Å². The summed E-state index contributed by atoms with van der Waals surface area (Å²) >= 11 is 0. The molecule has 0 radical (unpaired) electrons. The Morgan fingerprint density at radius 2 is 1.13 bits per heavy atom. The van der Waals surface area contributed by atoms with Crippen molar-refractivity contribution >= 4 is 66.4 Å². The van der Waals surface area contributed by atoms with Crippen molar-refractivity contribution in [1.82, 2.24) is 28.8 Å². The van der Waals surface area contributed by atoms with Crippen molar-refractivity contribution in [2.75, 3.05) is 33.2 Å². The zero-order valence-electron chi connectivity index (χ0n) is 27.1. The monoisotopic (exact) mass is 746 g/mol. The molecule has 7 rings (SSSR count). The maximum absolute atomic E-state index is 13.7. The largest absolute Gasteiger partial charge is 0.506 e. The Morgan fingerprint density at radius 1 is 0.635 bits per heavy atom. The second-order valence-corrected chi connectivity index (χ2v) is 15.3. The summed E-state index contributed by atoms with van der Waals surface area (Å²) in [6, 6.07) is 17.9. The predicted molar refractivity (Wildman–Crippen MR) is 188 cm³/mol. The molecular formula is C32H30N10O8S2. The molecule has 2 amide bonds. The zero-order valence-corrected chi connectivity index (χ0v) is 28.7. The van der Waals surface area contributed by atoms with Crippen LogP contribution >= 0.6 is 0 Å². The van der Waals surface area contributed by atoms with Crippen LogP contribution in [-0.4, -0.2) is 80.7 Å². The highest BCUT2D eigenvalue weighted by Gasteiger charge is 2.57. The number of carbonyl (C=O) groups is 2. The molecule has 0 aliphatic carbocycles. The number of aromatic hydroxyl groups is 2. The van der Waals surface area contributed by atoms with Gasteiger partial charge in [-0.2, -0.15) is 31.8 Å². The third-order valence-corrected chi connectivity index (χ3v) is 11.9. The van der Waals surface area contributed by atoms with E-state index in [1.165, 1.54) is 30.3 Å². The summed E-state index contributed by atoms with van der Waals surface area (Å²) < 4.78 is 55.6. The molecular weight excluding hydrogens is 717 g/mol. The first-order valence-electron chi connectivity index (χ1n) is 15.7. The molecule has 2 fully saturated rings. The van der Waals surface area contributed by atoms with Crippen molar-refractivity contribution in [2.24, 2.45) is 0 Å². The van der Waals surface area contributed by atoms with Gasteiger partial charge in [0.25, 0.3) is 11.8 Å². The van der Waals surface area contributed by atoms with Crippen LogP contribution in [-0.2, 0) is 55.7 Å². The maximum Gasteiger partial charge on any atom is 0.348 e.